The molecule has 1 unspecified atom stereocenters. The van der Waals surface area contributed by atoms with Crippen molar-refractivity contribution in [2.75, 3.05) is 0 Å². The summed E-state index contributed by atoms with van der Waals surface area (Å²) in [5, 5.41) is 4.23. The first-order valence-corrected chi connectivity index (χ1v) is 40.4. The van der Waals surface area contributed by atoms with E-state index >= 15 is 0 Å². The normalized spacial score (nSPS) is 13.5. The Balaban J connectivity index is 0.00000105. The van der Waals surface area contributed by atoms with Crippen LogP contribution in [-0.2, 0) is 66.2 Å². The molecule has 0 heterocycles. The third-order valence-corrected chi connectivity index (χ3v) is 21.8. The minimum Gasteiger partial charge on any atom is -0.281 e. The summed E-state index contributed by atoms with van der Waals surface area (Å²) in [6.07, 6.45) is 0. The fraction of sp³-hybridized carbons (Fsp3) is 0.485. The predicted octanol–water partition coefficient (Wildman–Crippen LogP) is 15.7. The molecule has 0 fully saturated rings. The molecule has 4 rings (SSSR count). The Morgan fingerprint density at radius 1 is 0.271 bits per heavy atom. The topological polar surface area (TPSA) is 129 Å². The van der Waals surface area contributed by atoms with E-state index in [0.29, 0.717) is 0 Å². The standard InChI is InChI=1S/C16H26O4Si.C15H26O4Si.C13H20O2Si.C12H20O2Si.C10H18O2Si/c1-8-21(19-17-15(2,3)4,20-18-16(5,6)7)14-12-10-9-11-13-14;1-14(2,3)16-18-20(7,19-17-15(4,5)6)13-11-9-8-10-12-13;1-6-16(5,15-14-13(2,3)4)12-10-8-7-9-11-12;1-12(2,3)13-14-15(4,5)11-9-7-6-8-10-11;1-7-13(8-2,9-3)12-11-10(4,5)6/h8-13H,1H2,2-7H3;8-12H,1-7H3;6-11H,1H2,2-5H3;6-10H,1-5H3;7-9H,1-3H2,4-6H3. The van der Waals surface area contributed by atoms with E-state index in [1.165, 1.54) is 5.19 Å². The highest BCUT2D eigenvalue weighted by molar-refractivity contribution is 6.89. The van der Waals surface area contributed by atoms with Crippen molar-refractivity contribution in [1.29, 1.82) is 0 Å². The molecular formula is C66H110O14Si5. The molecule has 0 radical (unpaired) electrons. The van der Waals surface area contributed by atoms with E-state index in [1.54, 1.807) is 22.8 Å². The van der Waals surface area contributed by atoms with Gasteiger partial charge in [0.2, 0.25) is 0 Å². The van der Waals surface area contributed by atoms with Crippen molar-refractivity contribution in [1.82, 2.24) is 0 Å². The van der Waals surface area contributed by atoms with Crippen LogP contribution in [0.15, 0.2) is 183 Å². The molecule has 4 aromatic carbocycles. The molecule has 85 heavy (non-hydrogen) atoms. The molecule has 14 nitrogen and oxygen atoms in total. The van der Waals surface area contributed by atoms with E-state index < -0.39 is 64.5 Å². The van der Waals surface area contributed by atoms with Crippen molar-refractivity contribution >= 4 is 62.8 Å². The molecule has 0 amide bonds. The number of hydrogen-bond donors (Lipinski definition) is 0. The molecular weight excluding hydrogens is 1160 g/mol. The SMILES string of the molecule is C=C[Si](C)(OOC(C)(C)C)c1ccccc1.C=C[Si](C=C)(C=C)OOC(C)(C)C.C=C[Si](OOC(C)(C)C)(OOC(C)(C)C)c1ccccc1.CC(C)(C)OO[Si](C)(C)c1ccccc1.CC(C)(C)OO[Si](C)(OOC(C)(C)C)c1ccccc1. The molecule has 0 spiro atoms. The van der Waals surface area contributed by atoms with E-state index in [-0.39, 0.29) is 16.8 Å². The minimum absolute atomic E-state index is 0.251. The fourth-order valence-corrected chi connectivity index (χ4v) is 13.6. The van der Waals surface area contributed by atoms with E-state index in [1.807, 2.05) is 255 Å². The van der Waals surface area contributed by atoms with Crippen LogP contribution in [0.1, 0.15) is 145 Å². The first kappa shape index (κ1) is 81.1. The Hall–Kier alpha value is -3.90. The summed E-state index contributed by atoms with van der Waals surface area (Å²) < 4.78 is 39.3. The van der Waals surface area contributed by atoms with Crippen molar-refractivity contribution in [2.45, 2.75) is 211 Å². The monoisotopic (exact) mass is 1270 g/mol. The average Bonchev–Trinajstić information content (AvgIpc) is 3.53. The van der Waals surface area contributed by atoms with Gasteiger partial charge in [0.1, 0.15) is 0 Å². The molecule has 0 saturated carbocycles. The molecule has 0 N–H and O–H groups in total. The summed E-state index contributed by atoms with van der Waals surface area (Å²) in [6, 6.07) is 39.8. The lowest BCUT2D eigenvalue weighted by molar-refractivity contribution is -0.345. The largest absolute Gasteiger partial charge is 0.463 e. The van der Waals surface area contributed by atoms with Gasteiger partial charge in [-0.1, -0.05) is 144 Å². The first-order valence-electron chi connectivity index (χ1n) is 28.7. The third kappa shape index (κ3) is 36.3. The summed E-state index contributed by atoms with van der Waals surface area (Å²) in [4.78, 5) is 38.0. The molecule has 0 aliphatic carbocycles. The lowest BCUT2D eigenvalue weighted by Crippen LogP contribution is -2.54. The molecule has 0 aliphatic rings. The van der Waals surface area contributed by atoms with Gasteiger partial charge in [-0.25, -0.2) is 52.5 Å². The highest BCUT2D eigenvalue weighted by Gasteiger charge is 2.44. The second-order valence-electron chi connectivity index (χ2n) is 27.5. The summed E-state index contributed by atoms with van der Waals surface area (Å²) in [7, 11) is -12.2. The highest BCUT2D eigenvalue weighted by atomic mass is 28.4. The Morgan fingerprint density at radius 3 is 0.824 bits per heavy atom. The van der Waals surface area contributed by atoms with Crippen molar-refractivity contribution in [2.24, 2.45) is 0 Å². The number of hydrogen-bond acceptors (Lipinski definition) is 14. The summed E-state index contributed by atoms with van der Waals surface area (Å²) >= 11 is 0. The predicted molar refractivity (Wildman–Crippen MR) is 361 cm³/mol. The first-order chi connectivity index (χ1) is 38.7. The number of rotatable bonds is 23. The molecule has 0 aliphatic heterocycles. The van der Waals surface area contributed by atoms with Gasteiger partial charge in [-0.15, -0.1) is 32.9 Å². The molecule has 0 aromatic heterocycles. The molecule has 0 saturated heterocycles. The van der Waals surface area contributed by atoms with E-state index in [2.05, 4.69) is 76.8 Å². The molecule has 478 valence electrons. The quantitative estimate of drug-likeness (QED) is 0.0397. The van der Waals surface area contributed by atoms with Crippen molar-refractivity contribution in [3.63, 3.8) is 0 Å². The van der Waals surface area contributed by atoms with Gasteiger partial charge in [0.05, 0.1) is 39.2 Å². The lowest BCUT2D eigenvalue weighted by atomic mass is 10.2. The van der Waals surface area contributed by atoms with Gasteiger partial charge in [-0.2, -0.15) is 0 Å². The molecule has 4 aromatic rings. The number of benzene rings is 4. The minimum atomic E-state index is -3.05. The third-order valence-electron chi connectivity index (χ3n) is 10.0. The van der Waals surface area contributed by atoms with Crippen LogP contribution in [0.4, 0.5) is 0 Å². The van der Waals surface area contributed by atoms with Crippen molar-refractivity contribution < 1.29 is 66.2 Å². The van der Waals surface area contributed by atoms with Gasteiger partial charge in [0.15, 0.2) is 0 Å². The maximum absolute atomic E-state index is 5.70. The van der Waals surface area contributed by atoms with Crippen LogP contribution < -0.4 is 20.7 Å². The second kappa shape index (κ2) is 35.3. The Bertz CT molecular complexity index is 2450. The fourth-order valence-electron chi connectivity index (χ4n) is 5.45. The zero-order chi connectivity index (χ0) is 65.9. The van der Waals surface area contributed by atoms with Crippen LogP contribution >= 0.6 is 0 Å². The maximum atomic E-state index is 5.70. The van der Waals surface area contributed by atoms with Crippen LogP contribution in [0.25, 0.3) is 0 Å². The Morgan fingerprint density at radius 2 is 0.529 bits per heavy atom. The van der Waals surface area contributed by atoms with Gasteiger partial charge in [0.25, 0.3) is 16.6 Å². The maximum Gasteiger partial charge on any atom is 0.463 e. The second-order valence-corrected chi connectivity index (χ2v) is 43.2. The van der Waals surface area contributed by atoms with Crippen LogP contribution in [-0.4, -0.2) is 81.3 Å². The zero-order valence-corrected chi connectivity index (χ0v) is 61.7. The van der Waals surface area contributed by atoms with Gasteiger partial charge in [-0.3, -0.25) is 13.7 Å². The van der Waals surface area contributed by atoms with E-state index in [4.69, 9.17) is 66.2 Å². The van der Waals surface area contributed by atoms with Crippen LogP contribution in [0.5, 0.6) is 0 Å². The van der Waals surface area contributed by atoms with Crippen LogP contribution in [0.3, 0.4) is 0 Å². The zero-order valence-electron chi connectivity index (χ0n) is 56.7. The summed E-state index contributed by atoms with van der Waals surface area (Å²) in [5.74, 6) is 0. The molecule has 1 atom stereocenters. The van der Waals surface area contributed by atoms with Crippen LogP contribution in [0.2, 0.25) is 26.2 Å². The highest BCUT2D eigenvalue weighted by Crippen LogP contribution is 2.22. The van der Waals surface area contributed by atoms with Gasteiger partial charge in [-0.05, 0) is 193 Å². The van der Waals surface area contributed by atoms with E-state index in [0.717, 1.165) is 15.6 Å². The van der Waals surface area contributed by atoms with Crippen molar-refractivity contribution in [3.8, 4) is 0 Å². The summed E-state index contributed by atoms with van der Waals surface area (Å²) in [5.41, 5.74) is 6.09. The average molecular weight is 1270 g/mol. The molecule has 0 bridgehead atoms. The van der Waals surface area contributed by atoms with Gasteiger partial charge >= 0.3 is 25.4 Å². The Kier molecular flexibility index (Phi) is 33.7. The van der Waals surface area contributed by atoms with E-state index in [9.17, 15) is 0 Å². The van der Waals surface area contributed by atoms with Crippen molar-refractivity contribution in [3.05, 3.63) is 183 Å². The lowest BCUT2D eigenvalue weighted by Gasteiger charge is -2.31. The van der Waals surface area contributed by atoms with Gasteiger partial charge < -0.3 is 0 Å². The van der Waals surface area contributed by atoms with Gasteiger partial charge in [0, 0.05) is 5.19 Å². The molecule has 19 heteroatoms. The Labute approximate surface area is 519 Å². The van der Waals surface area contributed by atoms with Crippen LogP contribution in [0, 0.1) is 0 Å². The smallest absolute Gasteiger partial charge is 0.281 e. The summed E-state index contributed by atoms with van der Waals surface area (Å²) in [6.45, 7) is 67.7.